The largest absolute Gasteiger partial charge is 0.334 e. The molecule has 2 aromatic carbocycles. The zero-order valence-electron chi connectivity index (χ0n) is 15.3. The van der Waals surface area contributed by atoms with Crippen LogP contribution in [0.15, 0.2) is 57.9 Å². The number of sulfonamides is 1. The number of halogens is 2. The van der Waals surface area contributed by atoms with Crippen molar-refractivity contribution in [3.8, 4) is 11.5 Å². The van der Waals surface area contributed by atoms with Gasteiger partial charge in [-0.05, 0) is 36.8 Å². The van der Waals surface area contributed by atoms with Crippen LogP contribution in [0.3, 0.4) is 0 Å². The summed E-state index contributed by atoms with van der Waals surface area (Å²) in [5.74, 6) is 0.329. The number of hydrogen-bond acceptors (Lipinski definition) is 6. The van der Waals surface area contributed by atoms with Crippen molar-refractivity contribution < 1.29 is 17.3 Å². The minimum absolute atomic E-state index is 0.0620. The van der Waals surface area contributed by atoms with E-state index in [1.165, 1.54) is 6.07 Å². The zero-order valence-corrected chi connectivity index (χ0v) is 16.8. The van der Waals surface area contributed by atoms with Gasteiger partial charge in [0.05, 0.1) is 16.5 Å². The average molecular weight is 437 g/mol. The van der Waals surface area contributed by atoms with Gasteiger partial charge in [0.25, 0.3) is 5.89 Å². The van der Waals surface area contributed by atoms with E-state index in [9.17, 15) is 12.8 Å². The average Bonchev–Trinajstić information content (AvgIpc) is 3.34. The second-order valence-electron chi connectivity index (χ2n) is 6.80. The number of likely N-dealkylation sites (tertiary alicyclic amines) is 1. The number of benzene rings is 2. The third-order valence-electron chi connectivity index (χ3n) is 4.65. The highest BCUT2D eigenvalue weighted by Crippen LogP contribution is 2.22. The molecular formula is C19H18ClFN4O3S. The molecule has 3 aromatic rings. The molecule has 1 aromatic heterocycles. The molecule has 7 nitrogen and oxygen atoms in total. The highest BCUT2D eigenvalue weighted by molar-refractivity contribution is 7.89. The fourth-order valence-electron chi connectivity index (χ4n) is 3.22. The lowest BCUT2D eigenvalue weighted by Crippen LogP contribution is -2.37. The minimum Gasteiger partial charge on any atom is -0.334 e. The molecule has 1 fully saturated rings. The molecule has 0 unspecified atom stereocenters. The first-order valence-electron chi connectivity index (χ1n) is 8.98. The van der Waals surface area contributed by atoms with E-state index < -0.39 is 15.8 Å². The summed E-state index contributed by atoms with van der Waals surface area (Å²) in [5.41, 5.74) is 0.844. The Morgan fingerprint density at radius 2 is 2.03 bits per heavy atom. The lowest BCUT2D eigenvalue weighted by Gasteiger charge is -2.15. The van der Waals surface area contributed by atoms with Crippen LogP contribution in [0, 0.1) is 5.82 Å². The van der Waals surface area contributed by atoms with Gasteiger partial charge in [0.15, 0.2) is 5.82 Å². The summed E-state index contributed by atoms with van der Waals surface area (Å²) < 4.78 is 46.3. The molecule has 4 rings (SSSR count). The smallest absolute Gasteiger partial charge is 0.257 e. The summed E-state index contributed by atoms with van der Waals surface area (Å²) in [4.78, 5) is 6.38. The summed E-state index contributed by atoms with van der Waals surface area (Å²) in [6.45, 7) is 1.65. The predicted octanol–water partition coefficient (Wildman–Crippen LogP) is 3.08. The van der Waals surface area contributed by atoms with Gasteiger partial charge in [-0.2, -0.15) is 4.98 Å². The molecule has 0 radical (unpaired) electrons. The molecule has 0 saturated carbocycles. The quantitative estimate of drug-likeness (QED) is 0.638. The Kier molecular flexibility index (Phi) is 5.64. The van der Waals surface area contributed by atoms with Crippen molar-refractivity contribution >= 4 is 21.6 Å². The number of nitrogens with one attached hydrogen (secondary N) is 1. The number of nitrogens with zero attached hydrogens (tertiary/aromatic N) is 3. The van der Waals surface area contributed by atoms with Gasteiger partial charge in [0.2, 0.25) is 10.0 Å². The Labute approximate surface area is 172 Å². The first-order valence-corrected chi connectivity index (χ1v) is 10.8. The van der Waals surface area contributed by atoms with E-state index in [0.29, 0.717) is 37.8 Å². The van der Waals surface area contributed by atoms with Crippen LogP contribution in [-0.4, -0.2) is 42.6 Å². The van der Waals surface area contributed by atoms with Gasteiger partial charge >= 0.3 is 0 Å². The van der Waals surface area contributed by atoms with Crippen LogP contribution in [0.25, 0.3) is 11.5 Å². The first-order chi connectivity index (χ1) is 13.9. The molecule has 0 spiro atoms. The molecule has 0 amide bonds. The molecule has 1 aliphatic rings. The van der Waals surface area contributed by atoms with Crippen LogP contribution in [-0.2, 0) is 16.6 Å². The van der Waals surface area contributed by atoms with Crippen LogP contribution < -0.4 is 4.72 Å². The maximum atomic E-state index is 13.3. The SMILES string of the molecule is O=S(=O)(N[C@@H]1CCN(Cc2noc(-c3ccccc3)n2)C1)c1ccc(F)c(Cl)c1. The Morgan fingerprint density at radius 1 is 1.24 bits per heavy atom. The Bertz CT molecular complexity index is 1110. The van der Waals surface area contributed by atoms with Crippen molar-refractivity contribution in [2.45, 2.75) is 23.9 Å². The van der Waals surface area contributed by atoms with Crippen molar-refractivity contribution in [1.82, 2.24) is 19.8 Å². The molecule has 1 saturated heterocycles. The Balaban J connectivity index is 1.37. The molecule has 1 N–H and O–H groups in total. The van der Waals surface area contributed by atoms with Crippen LogP contribution in [0.1, 0.15) is 12.2 Å². The first kappa shape index (κ1) is 20.0. The fraction of sp³-hybridized carbons (Fsp3) is 0.263. The topological polar surface area (TPSA) is 88.3 Å². The lowest BCUT2D eigenvalue weighted by atomic mass is 10.2. The minimum atomic E-state index is -3.79. The highest BCUT2D eigenvalue weighted by Gasteiger charge is 2.28. The Morgan fingerprint density at radius 3 is 2.79 bits per heavy atom. The summed E-state index contributed by atoms with van der Waals surface area (Å²) in [6, 6.07) is 12.5. The standard InChI is InChI=1S/C19H18ClFN4O3S/c20-16-10-15(6-7-17(16)21)29(26,27)24-14-8-9-25(11-14)12-18-22-19(28-23-18)13-4-2-1-3-5-13/h1-7,10,14,24H,8-9,11-12H2/t14-/m1/s1. The molecule has 1 aliphatic heterocycles. The number of hydrogen-bond donors (Lipinski definition) is 1. The summed E-state index contributed by atoms with van der Waals surface area (Å²) in [6.07, 6.45) is 0.636. The van der Waals surface area contributed by atoms with Crippen LogP contribution in [0.4, 0.5) is 4.39 Å². The predicted molar refractivity (Wildman–Crippen MR) is 105 cm³/mol. The number of rotatable bonds is 6. The second-order valence-corrected chi connectivity index (χ2v) is 8.92. The second kappa shape index (κ2) is 8.19. The highest BCUT2D eigenvalue weighted by atomic mass is 35.5. The third-order valence-corrected chi connectivity index (χ3v) is 6.46. The maximum Gasteiger partial charge on any atom is 0.257 e. The van der Waals surface area contributed by atoms with Gasteiger partial charge < -0.3 is 4.52 Å². The maximum absolute atomic E-state index is 13.3. The van der Waals surface area contributed by atoms with Crippen molar-refractivity contribution in [2.75, 3.05) is 13.1 Å². The van der Waals surface area contributed by atoms with E-state index in [1.807, 2.05) is 35.2 Å². The van der Waals surface area contributed by atoms with Crippen LogP contribution in [0.5, 0.6) is 0 Å². The van der Waals surface area contributed by atoms with Gasteiger partial charge in [-0.1, -0.05) is 35.0 Å². The molecule has 0 bridgehead atoms. The van der Waals surface area contributed by atoms with E-state index in [0.717, 1.165) is 17.7 Å². The summed E-state index contributed by atoms with van der Waals surface area (Å²) >= 11 is 5.70. The van der Waals surface area contributed by atoms with E-state index in [4.69, 9.17) is 16.1 Å². The molecule has 1 atom stereocenters. The van der Waals surface area contributed by atoms with Gasteiger partial charge in [-0.25, -0.2) is 17.5 Å². The fourth-order valence-corrected chi connectivity index (χ4v) is 4.75. The molecule has 29 heavy (non-hydrogen) atoms. The van der Waals surface area contributed by atoms with E-state index in [2.05, 4.69) is 14.9 Å². The monoisotopic (exact) mass is 436 g/mol. The van der Waals surface area contributed by atoms with Gasteiger partial charge in [-0.3, -0.25) is 4.90 Å². The van der Waals surface area contributed by atoms with E-state index >= 15 is 0 Å². The summed E-state index contributed by atoms with van der Waals surface area (Å²) in [7, 11) is -3.79. The third kappa shape index (κ3) is 4.64. The van der Waals surface area contributed by atoms with Gasteiger partial charge in [-0.15, -0.1) is 0 Å². The molecule has 152 valence electrons. The lowest BCUT2D eigenvalue weighted by molar-refractivity contribution is 0.307. The van der Waals surface area contributed by atoms with Crippen molar-refractivity contribution in [1.29, 1.82) is 0 Å². The molecule has 0 aliphatic carbocycles. The number of aromatic nitrogens is 2. The molecule has 2 heterocycles. The molecule has 10 heteroatoms. The normalized spacial score (nSPS) is 17.7. The van der Waals surface area contributed by atoms with Crippen molar-refractivity contribution in [3.05, 3.63) is 65.2 Å². The Hall–Kier alpha value is -2.33. The zero-order chi connectivity index (χ0) is 20.4. The van der Waals surface area contributed by atoms with Crippen LogP contribution >= 0.6 is 11.6 Å². The van der Waals surface area contributed by atoms with Gasteiger partial charge in [0.1, 0.15) is 5.82 Å². The summed E-state index contributed by atoms with van der Waals surface area (Å²) in [5, 5.41) is 3.78. The van der Waals surface area contributed by atoms with Crippen molar-refractivity contribution in [2.24, 2.45) is 0 Å². The van der Waals surface area contributed by atoms with E-state index in [-0.39, 0.29) is 16.0 Å². The van der Waals surface area contributed by atoms with Gasteiger partial charge in [0, 0.05) is 24.7 Å². The van der Waals surface area contributed by atoms with Crippen LogP contribution in [0.2, 0.25) is 5.02 Å². The molecular weight excluding hydrogens is 419 g/mol. The van der Waals surface area contributed by atoms with Crippen molar-refractivity contribution in [3.63, 3.8) is 0 Å². The van der Waals surface area contributed by atoms with E-state index in [1.54, 1.807) is 0 Å².